The molecule has 0 bridgehead atoms. The van der Waals surface area contributed by atoms with Crippen LogP contribution in [0.3, 0.4) is 0 Å². The van der Waals surface area contributed by atoms with Crippen molar-refractivity contribution in [3.63, 3.8) is 0 Å². The molecule has 0 radical (unpaired) electrons. The molecule has 1 unspecified atom stereocenters. The van der Waals surface area contributed by atoms with E-state index in [4.69, 9.17) is 4.98 Å². The summed E-state index contributed by atoms with van der Waals surface area (Å²) in [5.74, 6) is 0. The van der Waals surface area contributed by atoms with Gasteiger partial charge in [0, 0.05) is 62.1 Å². The fourth-order valence-corrected chi connectivity index (χ4v) is 4.56. The molecule has 0 saturated carbocycles. The molecule has 26 heavy (non-hydrogen) atoms. The number of aryl methyl sites for hydroxylation is 1. The van der Waals surface area contributed by atoms with E-state index in [1.165, 1.54) is 55.9 Å². The Labute approximate surface area is 157 Å². The molecule has 4 rings (SSSR count). The van der Waals surface area contributed by atoms with Crippen LogP contribution < -0.4 is 4.90 Å². The Hall–Kier alpha value is -1.65. The monoisotopic (exact) mass is 352 g/mol. The molecule has 1 atom stereocenters. The summed E-state index contributed by atoms with van der Waals surface area (Å²) >= 11 is 0. The zero-order valence-electron chi connectivity index (χ0n) is 16.3. The lowest BCUT2D eigenvalue weighted by Crippen LogP contribution is -2.50. The van der Waals surface area contributed by atoms with E-state index in [1.54, 1.807) is 0 Å². The van der Waals surface area contributed by atoms with Crippen molar-refractivity contribution in [2.45, 2.75) is 39.2 Å². The van der Waals surface area contributed by atoms with Crippen LogP contribution >= 0.6 is 0 Å². The van der Waals surface area contributed by atoms with E-state index in [0.717, 1.165) is 31.4 Å². The third-order valence-electron chi connectivity index (χ3n) is 6.13. The number of likely N-dealkylation sites (N-methyl/N-ethyl adjacent to an activating group) is 1. The van der Waals surface area contributed by atoms with Crippen molar-refractivity contribution in [3.05, 3.63) is 36.0 Å². The molecule has 140 valence electrons. The fraction of sp³-hybridized carbons (Fsp3) is 0.591. The first-order valence-corrected chi connectivity index (χ1v) is 10.4. The Morgan fingerprint density at radius 1 is 1.04 bits per heavy atom. The van der Waals surface area contributed by atoms with Gasteiger partial charge in [0.1, 0.15) is 0 Å². The van der Waals surface area contributed by atoms with Crippen LogP contribution in [0.2, 0.25) is 0 Å². The molecule has 2 aliphatic heterocycles. The summed E-state index contributed by atoms with van der Waals surface area (Å²) in [7, 11) is 0. The fourth-order valence-electron chi connectivity index (χ4n) is 4.56. The third kappa shape index (κ3) is 3.58. The van der Waals surface area contributed by atoms with Gasteiger partial charge < -0.3 is 9.80 Å². The molecule has 2 saturated heterocycles. The average molecular weight is 353 g/mol. The number of aromatic nitrogens is 1. The van der Waals surface area contributed by atoms with Crippen molar-refractivity contribution in [2.75, 3.05) is 50.7 Å². The third-order valence-corrected chi connectivity index (χ3v) is 6.13. The molecule has 2 fully saturated rings. The van der Waals surface area contributed by atoms with Crippen LogP contribution in [-0.2, 0) is 6.42 Å². The molecule has 0 spiro atoms. The molecule has 3 heterocycles. The highest BCUT2D eigenvalue weighted by atomic mass is 15.3. The minimum Gasteiger partial charge on any atom is -0.369 e. The lowest BCUT2D eigenvalue weighted by Gasteiger charge is -2.37. The van der Waals surface area contributed by atoms with Crippen LogP contribution in [0.1, 0.15) is 32.4 Å². The average Bonchev–Trinajstić information content (AvgIpc) is 3.18. The highest BCUT2D eigenvalue weighted by Gasteiger charge is 2.30. The number of hydrogen-bond acceptors (Lipinski definition) is 4. The van der Waals surface area contributed by atoms with E-state index in [1.807, 2.05) is 0 Å². The van der Waals surface area contributed by atoms with E-state index in [0.29, 0.717) is 6.04 Å². The van der Waals surface area contributed by atoms with Crippen molar-refractivity contribution in [3.8, 4) is 0 Å². The first-order chi connectivity index (χ1) is 12.8. The molecular formula is C22H32N4. The number of rotatable bonds is 5. The van der Waals surface area contributed by atoms with Crippen LogP contribution in [0.4, 0.5) is 5.69 Å². The second-order valence-electron chi connectivity index (χ2n) is 7.76. The van der Waals surface area contributed by atoms with Gasteiger partial charge in [-0.25, -0.2) is 0 Å². The Bertz CT molecular complexity index is 736. The summed E-state index contributed by atoms with van der Waals surface area (Å²) in [6.45, 7) is 12.9. The highest BCUT2D eigenvalue weighted by Crippen LogP contribution is 2.31. The second kappa shape index (κ2) is 7.93. The van der Waals surface area contributed by atoms with Crippen molar-refractivity contribution in [1.82, 2.24) is 14.8 Å². The normalized spacial score (nSPS) is 22.4. The van der Waals surface area contributed by atoms with Gasteiger partial charge in [-0.2, -0.15) is 0 Å². The first kappa shape index (κ1) is 17.7. The van der Waals surface area contributed by atoms with Gasteiger partial charge in [0.25, 0.3) is 0 Å². The maximum absolute atomic E-state index is 4.88. The molecule has 1 aromatic heterocycles. The van der Waals surface area contributed by atoms with E-state index < -0.39 is 0 Å². The minimum atomic E-state index is 0.704. The molecule has 4 nitrogen and oxygen atoms in total. The van der Waals surface area contributed by atoms with Gasteiger partial charge in [-0.3, -0.25) is 9.88 Å². The zero-order valence-corrected chi connectivity index (χ0v) is 16.3. The predicted octanol–water partition coefficient (Wildman–Crippen LogP) is 3.40. The van der Waals surface area contributed by atoms with Crippen molar-refractivity contribution in [2.24, 2.45) is 0 Å². The largest absolute Gasteiger partial charge is 0.369 e. The molecule has 0 N–H and O–H groups in total. The van der Waals surface area contributed by atoms with Gasteiger partial charge in [0.2, 0.25) is 0 Å². The van der Waals surface area contributed by atoms with Crippen molar-refractivity contribution in [1.29, 1.82) is 0 Å². The number of nitrogens with zero attached hydrogens (tertiary/aromatic N) is 4. The summed E-state index contributed by atoms with van der Waals surface area (Å²) in [5.41, 5.74) is 3.78. The minimum absolute atomic E-state index is 0.704. The smallest absolute Gasteiger partial charge is 0.0726 e. The van der Waals surface area contributed by atoms with Crippen LogP contribution in [0.5, 0.6) is 0 Å². The Morgan fingerprint density at radius 3 is 2.62 bits per heavy atom. The number of fused-ring (bicyclic) bond motifs is 1. The molecule has 0 amide bonds. The summed E-state index contributed by atoms with van der Waals surface area (Å²) < 4.78 is 0. The molecule has 4 heteroatoms. The number of para-hydroxylation sites is 1. The van der Waals surface area contributed by atoms with Gasteiger partial charge in [-0.05, 0) is 31.5 Å². The summed E-state index contributed by atoms with van der Waals surface area (Å²) in [5, 5.41) is 1.31. The lowest BCUT2D eigenvalue weighted by molar-refractivity contribution is 0.107. The van der Waals surface area contributed by atoms with Gasteiger partial charge >= 0.3 is 0 Å². The molecule has 0 aliphatic carbocycles. The van der Waals surface area contributed by atoms with Crippen LogP contribution in [0.15, 0.2) is 30.3 Å². The standard InChI is InChI=1S/C22H32N4/c1-3-7-18-16-22(20-8-5-6-9-21(20)23-18)26-11-10-19(17-26)25-14-12-24(4-2)13-15-25/h5-6,8-9,16,19H,3-4,7,10-15,17H2,1-2H3. The molecule has 1 aromatic carbocycles. The van der Waals surface area contributed by atoms with Gasteiger partial charge in [0.05, 0.1) is 5.52 Å². The van der Waals surface area contributed by atoms with Gasteiger partial charge in [0.15, 0.2) is 0 Å². The Kier molecular flexibility index (Phi) is 5.41. The number of hydrogen-bond donors (Lipinski definition) is 0. The second-order valence-corrected chi connectivity index (χ2v) is 7.76. The number of benzene rings is 1. The van der Waals surface area contributed by atoms with E-state index in [9.17, 15) is 0 Å². The zero-order chi connectivity index (χ0) is 17.9. The van der Waals surface area contributed by atoms with E-state index >= 15 is 0 Å². The molecular weight excluding hydrogens is 320 g/mol. The van der Waals surface area contributed by atoms with E-state index in [2.05, 4.69) is 58.9 Å². The number of pyridine rings is 1. The van der Waals surface area contributed by atoms with Crippen LogP contribution in [-0.4, -0.2) is 66.6 Å². The predicted molar refractivity (Wildman–Crippen MR) is 110 cm³/mol. The van der Waals surface area contributed by atoms with Crippen LogP contribution in [0.25, 0.3) is 10.9 Å². The quantitative estimate of drug-likeness (QED) is 0.822. The number of anilines is 1. The maximum atomic E-state index is 4.88. The van der Waals surface area contributed by atoms with Crippen LogP contribution in [0, 0.1) is 0 Å². The van der Waals surface area contributed by atoms with Gasteiger partial charge in [-0.1, -0.05) is 38.5 Å². The van der Waals surface area contributed by atoms with E-state index in [-0.39, 0.29) is 0 Å². The number of piperazine rings is 1. The van der Waals surface area contributed by atoms with Crippen molar-refractivity contribution >= 4 is 16.6 Å². The summed E-state index contributed by atoms with van der Waals surface area (Å²) in [4.78, 5) is 12.8. The lowest BCUT2D eigenvalue weighted by atomic mass is 10.1. The Morgan fingerprint density at radius 2 is 1.85 bits per heavy atom. The van der Waals surface area contributed by atoms with Gasteiger partial charge in [-0.15, -0.1) is 0 Å². The summed E-state index contributed by atoms with van der Waals surface area (Å²) in [6, 6.07) is 11.7. The highest BCUT2D eigenvalue weighted by molar-refractivity contribution is 5.92. The first-order valence-electron chi connectivity index (χ1n) is 10.4. The molecule has 2 aromatic rings. The Balaban J connectivity index is 1.53. The maximum Gasteiger partial charge on any atom is 0.0726 e. The SMILES string of the molecule is CCCc1cc(N2CCC(N3CCN(CC)CC3)C2)c2ccccc2n1. The topological polar surface area (TPSA) is 22.6 Å². The molecule has 2 aliphatic rings. The summed E-state index contributed by atoms with van der Waals surface area (Å²) in [6.07, 6.45) is 3.50. The van der Waals surface area contributed by atoms with Crippen molar-refractivity contribution < 1.29 is 0 Å².